The van der Waals surface area contributed by atoms with Crippen molar-refractivity contribution in [2.45, 2.75) is 19.3 Å². The van der Waals surface area contributed by atoms with Crippen LogP contribution in [0.1, 0.15) is 19.3 Å². The zero-order valence-corrected chi connectivity index (χ0v) is 12.1. The highest BCUT2D eigenvalue weighted by molar-refractivity contribution is 5.91. The van der Waals surface area contributed by atoms with Crippen LogP contribution in [0.15, 0.2) is 30.9 Å². The number of nitrogens with zero attached hydrogens (tertiary/aromatic N) is 1. The van der Waals surface area contributed by atoms with Gasteiger partial charge in [0, 0.05) is 19.5 Å². The van der Waals surface area contributed by atoms with Crippen molar-refractivity contribution in [3.8, 4) is 0 Å². The lowest BCUT2D eigenvalue weighted by Gasteiger charge is -2.31. The molecule has 1 saturated heterocycles. The predicted molar refractivity (Wildman–Crippen MR) is 79.1 cm³/mol. The molecule has 0 radical (unpaired) electrons. The van der Waals surface area contributed by atoms with E-state index in [0.717, 1.165) is 6.07 Å². The lowest BCUT2D eigenvalue weighted by Crippen LogP contribution is -2.38. The summed E-state index contributed by atoms with van der Waals surface area (Å²) < 4.78 is 26.5. The molecule has 2 rings (SSSR count). The van der Waals surface area contributed by atoms with Crippen LogP contribution in [0.4, 0.5) is 14.5 Å². The standard InChI is InChI=1S/C16H18F2N2O2/c1-2-15(22)20-8-6-11(7-9-20)10-14(21)19-13-5-3-4-12(17)16(13)18/h2-5,11H,1,6-10H2,(H,19,21). The Balaban J connectivity index is 1.85. The molecule has 4 nitrogen and oxygen atoms in total. The number of amides is 2. The number of carbonyl (C=O) groups excluding carboxylic acids is 2. The first kappa shape index (κ1) is 16.1. The molecule has 0 aromatic heterocycles. The highest BCUT2D eigenvalue weighted by atomic mass is 19.2. The average Bonchev–Trinajstić information content (AvgIpc) is 2.52. The van der Waals surface area contributed by atoms with Gasteiger partial charge in [-0.3, -0.25) is 9.59 Å². The van der Waals surface area contributed by atoms with E-state index in [1.165, 1.54) is 18.2 Å². The Morgan fingerprint density at radius 2 is 2.00 bits per heavy atom. The van der Waals surface area contributed by atoms with Crippen LogP contribution in [-0.2, 0) is 9.59 Å². The molecule has 1 aromatic rings. The molecule has 0 atom stereocenters. The van der Waals surface area contributed by atoms with E-state index >= 15 is 0 Å². The molecule has 6 heteroatoms. The monoisotopic (exact) mass is 308 g/mol. The second-order valence-electron chi connectivity index (χ2n) is 5.33. The third-order valence-electron chi connectivity index (χ3n) is 3.80. The van der Waals surface area contributed by atoms with Crippen LogP contribution < -0.4 is 5.32 Å². The van der Waals surface area contributed by atoms with Crippen LogP contribution in [0.5, 0.6) is 0 Å². The van der Waals surface area contributed by atoms with Crippen molar-refractivity contribution < 1.29 is 18.4 Å². The minimum absolute atomic E-state index is 0.107. The van der Waals surface area contributed by atoms with Crippen LogP contribution in [0, 0.1) is 17.6 Å². The fraction of sp³-hybridized carbons (Fsp3) is 0.375. The maximum atomic E-state index is 13.5. The molecule has 22 heavy (non-hydrogen) atoms. The summed E-state index contributed by atoms with van der Waals surface area (Å²) in [6.45, 7) is 4.60. The number of piperidine rings is 1. The molecular formula is C16H18F2N2O2. The predicted octanol–water partition coefficient (Wildman–Crippen LogP) is 2.72. The van der Waals surface area contributed by atoms with Crippen LogP contribution in [0.3, 0.4) is 0 Å². The topological polar surface area (TPSA) is 49.4 Å². The van der Waals surface area contributed by atoms with Crippen molar-refractivity contribution >= 4 is 17.5 Å². The van der Waals surface area contributed by atoms with Gasteiger partial charge in [-0.05, 0) is 37.0 Å². The molecule has 1 N–H and O–H groups in total. The molecule has 1 aliphatic rings. The zero-order valence-electron chi connectivity index (χ0n) is 12.1. The van der Waals surface area contributed by atoms with Crippen molar-refractivity contribution in [3.63, 3.8) is 0 Å². The Kier molecular flexibility index (Phi) is 5.25. The van der Waals surface area contributed by atoms with Gasteiger partial charge in [0.25, 0.3) is 0 Å². The van der Waals surface area contributed by atoms with Crippen molar-refractivity contribution in [1.29, 1.82) is 0 Å². The van der Waals surface area contributed by atoms with Gasteiger partial charge < -0.3 is 10.2 Å². The number of hydrogen-bond acceptors (Lipinski definition) is 2. The first-order chi connectivity index (χ1) is 10.5. The van der Waals surface area contributed by atoms with Crippen molar-refractivity contribution in [2.75, 3.05) is 18.4 Å². The van der Waals surface area contributed by atoms with Crippen molar-refractivity contribution in [3.05, 3.63) is 42.5 Å². The van der Waals surface area contributed by atoms with Gasteiger partial charge in [0.1, 0.15) is 0 Å². The molecule has 0 spiro atoms. The van der Waals surface area contributed by atoms with E-state index in [1.54, 1.807) is 4.90 Å². The minimum Gasteiger partial charge on any atom is -0.339 e. The summed E-state index contributed by atoms with van der Waals surface area (Å²) in [5.41, 5.74) is -0.149. The second-order valence-corrected chi connectivity index (χ2v) is 5.33. The maximum Gasteiger partial charge on any atom is 0.245 e. The Bertz CT molecular complexity index is 582. The minimum atomic E-state index is -1.05. The molecule has 1 aliphatic heterocycles. The van der Waals surface area contributed by atoms with Gasteiger partial charge in [-0.15, -0.1) is 0 Å². The quantitative estimate of drug-likeness (QED) is 0.870. The van der Waals surface area contributed by atoms with Crippen molar-refractivity contribution in [1.82, 2.24) is 4.90 Å². The first-order valence-corrected chi connectivity index (χ1v) is 7.16. The Hall–Kier alpha value is -2.24. The zero-order chi connectivity index (χ0) is 16.1. The number of carbonyl (C=O) groups is 2. The lowest BCUT2D eigenvalue weighted by atomic mass is 9.93. The van der Waals surface area contributed by atoms with Crippen LogP contribution in [-0.4, -0.2) is 29.8 Å². The number of rotatable bonds is 4. The van der Waals surface area contributed by atoms with Gasteiger partial charge in [0.2, 0.25) is 11.8 Å². The van der Waals surface area contributed by atoms with Gasteiger partial charge >= 0.3 is 0 Å². The molecular weight excluding hydrogens is 290 g/mol. The maximum absolute atomic E-state index is 13.5. The van der Waals surface area contributed by atoms with E-state index in [4.69, 9.17) is 0 Å². The van der Waals surface area contributed by atoms with Crippen LogP contribution in [0.2, 0.25) is 0 Å². The smallest absolute Gasteiger partial charge is 0.245 e. The number of halogens is 2. The summed E-state index contributed by atoms with van der Waals surface area (Å²) in [4.78, 5) is 25.1. The molecule has 0 aliphatic carbocycles. The van der Waals surface area contributed by atoms with Gasteiger partial charge in [0.15, 0.2) is 11.6 Å². The fourth-order valence-corrected chi connectivity index (χ4v) is 2.55. The third-order valence-corrected chi connectivity index (χ3v) is 3.80. The number of benzene rings is 1. The largest absolute Gasteiger partial charge is 0.339 e. The summed E-state index contributed by atoms with van der Waals surface area (Å²) in [6, 6.07) is 3.66. The number of nitrogens with one attached hydrogen (secondary N) is 1. The number of likely N-dealkylation sites (tertiary alicyclic amines) is 1. The Morgan fingerprint density at radius 1 is 1.32 bits per heavy atom. The van der Waals surface area contributed by atoms with Gasteiger partial charge in [-0.1, -0.05) is 12.6 Å². The van der Waals surface area contributed by atoms with Crippen LogP contribution >= 0.6 is 0 Å². The summed E-state index contributed by atoms with van der Waals surface area (Å²) in [5, 5.41) is 2.39. The van der Waals surface area contributed by atoms with E-state index < -0.39 is 11.6 Å². The molecule has 2 amide bonds. The Morgan fingerprint density at radius 3 is 2.64 bits per heavy atom. The third kappa shape index (κ3) is 3.90. The first-order valence-electron chi connectivity index (χ1n) is 7.16. The lowest BCUT2D eigenvalue weighted by molar-refractivity contribution is -0.127. The summed E-state index contributed by atoms with van der Waals surface area (Å²) in [5.74, 6) is -2.37. The summed E-state index contributed by atoms with van der Waals surface area (Å²) in [7, 11) is 0. The highest BCUT2D eigenvalue weighted by Crippen LogP contribution is 2.22. The highest BCUT2D eigenvalue weighted by Gasteiger charge is 2.23. The SMILES string of the molecule is C=CC(=O)N1CCC(CC(=O)Nc2cccc(F)c2F)CC1. The van der Waals surface area contributed by atoms with Crippen LogP contribution in [0.25, 0.3) is 0 Å². The molecule has 1 heterocycles. The van der Waals surface area contributed by atoms with E-state index in [1.807, 2.05) is 0 Å². The van der Waals surface area contributed by atoms with Gasteiger partial charge in [0.05, 0.1) is 5.69 Å². The van der Waals surface area contributed by atoms with E-state index in [0.29, 0.717) is 25.9 Å². The number of anilines is 1. The number of hydrogen-bond donors (Lipinski definition) is 1. The van der Waals surface area contributed by atoms with E-state index in [9.17, 15) is 18.4 Å². The summed E-state index contributed by atoms with van der Waals surface area (Å²) >= 11 is 0. The molecule has 1 aromatic carbocycles. The van der Waals surface area contributed by atoms with Gasteiger partial charge in [-0.25, -0.2) is 8.78 Å². The second kappa shape index (κ2) is 7.15. The Labute approximate surface area is 127 Å². The van der Waals surface area contributed by atoms with Crippen molar-refractivity contribution in [2.24, 2.45) is 5.92 Å². The van der Waals surface area contributed by atoms with E-state index in [2.05, 4.69) is 11.9 Å². The molecule has 0 bridgehead atoms. The molecule has 0 saturated carbocycles. The summed E-state index contributed by atoms with van der Waals surface area (Å²) in [6.07, 6.45) is 2.92. The molecule has 118 valence electrons. The molecule has 0 unspecified atom stereocenters. The van der Waals surface area contributed by atoms with E-state index in [-0.39, 0.29) is 29.8 Å². The van der Waals surface area contributed by atoms with Gasteiger partial charge in [-0.2, -0.15) is 0 Å². The normalized spacial score (nSPS) is 15.5. The average molecular weight is 308 g/mol. The fourth-order valence-electron chi connectivity index (χ4n) is 2.55. The molecule has 1 fully saturated rings.